The fourth-order valence-electron chi connectivity index (χ4n) is 1.44. The van der Waals surface area contributed by atoms with E-state index in [0.717, 1.165) is 5.56 Å². The Bertz CT molecular complexity index is 372. The van der Waals surface area contributed by atoms with Gasteiger partial charge in [-0.15, -0.1) is 0 Å². The SMILES string of the molecule is CCOC(=O)[C@@H](Cc1ccccc1)OC(C)=O. The molecule has 0 saturated heterocycles. The van der Waals surface area contributed by atoms with Crippen molar-refractivity contribution in [2.45, 2.75) is 26.4 Å². The fraction of sp³-hybridized carbons (Fsp3) is 0.385. The van der Waals surface area contributed by atoms with Crippen molar-refractivity contribution in [3.63, 3.8) is 0 Å². The molecule has 1 aromatic carbocycles. The topological polar surface area (TPSA) is 52.6 Å². The number of carbonyl (C=O) groups excluding carboxylic acids is 2. The molecule has 0 aliphatic rings. The van der Waals surface area contributed by atoms with Gasteiger partial charge in [-0.1, -0.05) is 30.3 Å². The van der Waals surface area contributed by atoms with Gasteiger partial charge in [0.05, 0.1) is 6.61 Å². The highest BCUT2D eigenvalue weighted by molar-refractivity contribution is 5.78. The maximum absolute atomic E-state index is 11.6. The maximum atomic E-state index is 11.6. The summed E-state index contributed by atoms with van der Waals surface area (Å²) in [7, 11) is 0. The van der Waals surface area contributed by atoms with Crippen LogP contribution in [0.5, 0.6) is 0 Å². The molecule has 0 heterocycles. The predicted octanol–water partition coefficient (Wildman–Crippen LogP) is 1.72. The highest BCUT2D eigenvalue weighted by Gasteiger charge is 2.23. The Balaban J connectivity index is 2.70. The van der Waals surface area contributed by atoms with Crippen LogP contribution in [0.25, 0.3) is 0 Å². The summed E-state index contributed by atoms with van der Waals surface area (Å²) in [5.74, 6) is -0.995. The molecule has 1 atom stereocenters. The van der Waals surface area contributed by atoms with Crippen molar-refractivity contribution >= 4 is 11.9 Å². The van der Waals surface area contributed by atoms with Crippen molar-refractivity contribution < 1.29 is 19.1 Å². The second-order valence-electron chi connectivity index (χ2n) is 3.54. The lowest BCUT2D eigenvalue weighted by atomic mass is 10.1. The Morgan fingerprint density at radius 3 is 2.41 bits per heavy atom. The lowest BCUT2D eigenvalue weighted by molar-refractivity contribution is -0.166. The number of hydrogen-bond donors (Lipinski definition) is 0. The van der Waals surface area contributed by atoms with Gasteiger partial charge in [0.2, 0.25) is 6.10 Å². The fourth-order valence-corrected chi connectivity index (χ4v) is 1.44. The summed E-state index contributed by atoms with van der Waals surface area (Å²) in [5, 5.41) is 0. The first-order chi connectivity index (χ1) is 8.13. The zero-order valence-electron chi connectivity index (χ0n) is 10.0. The van der Waals surface area contributed by atoms with E-state index in [1.165, 1.54) is 6.92 Å². The van der Waals surface area contributed by atoms with Gasteiger partial charge < -0.3 is 9.47 Å². The molecule has 0 spiro atoms. The molecule has 0 unspecified atom stereocenters. The van der Waals surface area contributed by atoms with Gasteiger partial charge in [-0.25, -0.2) is 4.79 Å². The number of carbonyl (C=O) groups is 2. The predicted molar refractivity (Wildman–Crippen MR) is 62.3 cm³/mol. The average molecular weight is 236 g/mol. The Morgan fingerprint density at radius 2 is 1.88 bits per heavy atom. The van der Waals surface area contributed by atoms with Crippen molar-refractivity contribution in [1.29, 1.82) is 0 Å². The van der Waals surface area contributed by atoms with Crippen LogP contribution in [0.3, 0.4) is 0 Å². The minimum absolute atomic E-state index is 0.269. The number of ether oxygens (including phenoxy) is 2. The third-order valence-corrected chi connectivity index (χ3v) is 2.12. The van der Waals surface area contributed by atoms with Crippen LogP contribution in [-0.4, -0.2) is 24.6 Å². The normalized spacial score (nSPS) is 11.6. The third-order valence-electron chi connectivity index (χ3n) is 2.12. The third kappa shape index (κ3) is 4.68. The van der Waals surface area contributed by atoms with E-state index in [1.54, 1.807) is 6.92 Å². The molecule has 0 aliphatic carbocycles. The van der Waals surface area contributed by atoms with Gasteiger partial charge in [-0.05, 0) is 12.5 Å². The molecule has 1 aromatic rings. The summed E-state index contributed by atoms with van der Waals surface area (Å²) < 4.78 is 9.82. The minimum Gasteiger partial charge on any atom is -0.463 e. The molecule has 0 aliphatic heterocycles. The molecule has 92 valence electrons. The molecule has 1 rings (SSSR count). The van der Waals surface area contributed by atoms with Crippen molar-refractivity contribution in [1.82, 2.24) is 0 Å². The Hall–Kier alpha value is -1.84. The second-order valence-corrected chi connectivity index (χ2v) is 3.54. The van der Waals surface area contributed by atoms with E-state index in [-0.39, 0.29) is 6.61 Å². The first-order valence-corrected chi connectivity index (χ1v) is 5.51. The Labute approximate surface area is 101 Å². The first-order valence-electron chi connectivity index (χ1n) is 5.51. The van der Waals surface area contributed by atoms with Crippen LogP contribution in [0.15, 0.2) is 30.3 Å². The van der Waals surface area contributed by atoms with Crippen LogP contribution < -0.4 is 0 Å². The molecule has 0 radical (unpaired) electrons. The molecule has 4 nitrogen and oxygen atoms in total. The number of benzene rings is 1. The monoisotopic (exact) mass is 236 g/mol. The first kappa shape index (κ1) is 13.2. The molecule has 0 bridgehead atoms. The van der Waals surface area contributed by atoms with Crippen LogP contribution in [0.1, 0.15) is 19.4 Å². The van der Waals surface area contributed by atoms with Gasteiger partial charge in [0, 0.05) is 13.3 Å². The Morgan fingerprint density at radius 1 is 1.24 bits per heavy atom. The quantitative estimate of drug-likeness (QED) is 0.730. The minimum atomic E-state index is -0.866. The zero-order chi connectivity index (χ0) is 12.7. The molecule has 0 amide bonds. The van der Waals surface area contributed by atoms with E-state index in [9.17, 15) is 9.59 Å². The summed E-state index contributed by atoms with van der Waals surface area (Å²) >= 11 is 0. The second kappa shape index (κ2) is 6.68. The van der Waals surface area contributed by atoms with Crippen molar-refractivity contribution in [2.24, 2.45) is 0 Å². The van der Waals surface area contributed by atoms with Crippen LogP contribution in [-0.2, 0) is 25.5 Å². The summed E-state index contributed by atoms with van der Waals surface area (Å²) in [6, 6.07) is 9.36. The largest absolute Gasteiger partial charge is 0.463 e. The lowest BCUT2D eigenvalue weighted by Crippen LogP contribution is -2.30. The van der Waals surface area contributed by atoms with Crippen LogP contribution in [0.2, 0.25) is 0 Å². The zero-order valence-corrected chi connectivity index (χ0v) is 10.0. The maximum Gasteiger partial charge on any atom is 0.347 e. The van der Waals surface area contributed by atoms with Crippen LogP contribution in [0, 0.1) is 0 Å². The number of rotatable bonds is 5. The molecule has 0 N–H and O–H groups in total. The summed E-state index contributed by atoms with van der Waals surface area (Å²) in [6.45, 7) is 3.26. The number of hydrogen-bond acceptors (Lipinski definition) is 4. The van der Waals surface area contributed by atoms with Gasteiger partial charge in [0.25, 0.3) is 0 Å². The van der Waals surface area contributed by atoms with Gasteiger partial charge in [0.1, 0.15) is 0 Å². The smallest absolute Gasteiger partial charge is 0.347 e. The van der Waals surface area contributed by atoms with E-state index in [1.807, 2.05) is 30.3 Å². The van der Waals surface area contributed by atoms with Crippen LogP contribution >= 0.6 is 0 Å². The van der Waals surface area contributed by atoms with E-state index in [0.29, 0.717) is 6.42 Å². The van der Waals surface area contributed by atoms with Crippen molar-refractivity contribution in [3.8, 4) is 0 Å². The molecule has 0 saturated carbocycles. The van der Waals surface area contributed by atoms with E-state index in [2.05, 4.69) is 0 Å². The van der Waals surface area contributed by atoms with Gasteiger partial charge in [-0.2, -0.15) is 0 Å². The summed E-state index contributed by atoms with van der Waals surface area (Å²) in [6.07, 6.45) is -0.533. The molecular weight excluding hydrogens is 220 g/mol. The van der Waals surface area contributed by atoms with Gasteiger partial charge >= 0.3 is 11.9 Å². The van der Waals surface area contributed by atoms with Gasteiger partial charge in [-0.3, -0.25) is 4.79 Å². The van der Waals surface area contributed by atoms with Gasteiger partial charge in [0.15, 0.2) is 0 Å². The van der Waals surface area contributed by atoms with Crippen LogP contribution in [0.4, 0.5) is 0 Å². The molecule has 4 heteroatoms. The molecular formula is C13H16O4. The molecule has 17 heavy (non-hydrogen) atoms. The highest BCUT2D eigenvalue weighted by atomic mass is 16.6. The average Bonchev–Trinajstić information content (AvgIpc) is 2.29. The Kier molecular flexibility index (Phi) is 5.20. The van der Waals surface area contributed by atoms with Crippen molar-refractivity contribution in [2.75, 3.05) is 6.61 Å². The molecule has 0 aromatic heterocycles. The number of esters is 2. The summed E-state index contributed by atoms with van der Waals surface area (Å²) in [5.41, 5.74) is 0.923. The van der Waals surface area contributed by atoms with E-state index < -0.39 is 18.0 Å². The lowest BCUT2D eigenvalue weighted by Gasteiger charge is -2.15. The standard InChI is InChI=1S/C13H16O4/c1-3-16-13(15)12(17-10(2)14)9-11-7-5-4-6-8-11/h4-8,12H,3,9H2,1-2H3/t12-/m1/s1. The molecule has 0 fully saturated rings. The van der Waals surface area contributed by atoms with E-state index in [4.69, 9.17) is 9.47 Å². The highest BCUT2D eigenvalue weighted by Crippen LogP contribution is 2.08. The van der Waals surface area contributed by atoms with Crippen molar-refractivity contribution in [3.05, 3.63) is 35.9 Å². The summed E-state index contributed by atoms with van der Waals surface area (Å²) in [4.78, 5) is 22.5. The van der Waals surface area contributed by atoms with E-state index >= 15 is 0 Å².